The Kier molecular flexibility index (Phi) is 11.2. The molecule has 42 heavy (non-hydrogen) atoms. The second-order valence-corrected chi connectivity index (χ2v) is 11.4. The number of likely N-dealkylation sites (N-methyl/N-ethyl adjacent to an activating group) is 1. The molecule has 0 heterocycles. The molecular formula is C31H39N3O7S. The number of sulfonamides is 1. The lowest BCUT2D eigenvalue weighted by Crippen LogP contribution is -2.51. The topological polar surface area (TPSA) is 114 Å². The molecule has 0 aliphatic heterocycles. The van der Waals surface area contributed by atoms with Gasteiger partial charge in [-0.1, -0.05) is 29.8 Å². The van der Waals surface area contributed by atoms with Gasteiger partial charge in [0.25, 0.3) is 10.0 Å². The van der Waals surface area contributed by atoms with E-state index >= 15 is 0 Å². The van der Waals surface area contributed by atoms with Crippen molar-refractivity contribution >= 4 is 27.5 Å². The van der Waals surface area contributed by atoms with E-state index in [0.717, 1.165) is 15.4 Å². The van der Waals surface area contributed by atoms with E-state index < -0.39 is 28.5 Å². The van der Waals surface area contributed by atoms with Crippen LogP contribution in [0.15, 0.2) is 71.6 Å². The fourth-order valence-electron chi connectivity index (χ4n) is 4.30. The van der Waals surface area contributed by atoms with Crippen LogP contribution in [-0.2, 0) is 26.2 Å². The highest BCUT2D eigenvalue weighted by Crippen LogP contribution is 2.33. The predicted molar refractivity (Wildman–Crippen MR) is 162 cm³/mol. The monoisotopic (exact) mass is 597 g/mol. The van der Waals surface area contributed by atoms with Crippen LogP contribution in [0.3, 0.4) is 0 Å². The van der Waals surface area contributed by atoms with Crippen molar-refractivity contribution in [3.63, 3.8) is 0 Å². The molecule has 2 amide bonds. The summed E-state index contributed by atoms with van der Waals surface area (Å²) in [5, 5.41) is 2.75. The summed E-state index contributed by atoms with van der Waals surface area (Å²) in [7, 11) is -1.43. The molecule has 3 aromatic rings. The number of rotatable bonds is 14. The molecule has 0 spiro atoms. The van der Waals surface area contributed by atoms with Crippen LogP contribution in [0.2, 0.25) is 0 Å². The molecule has 3 rings (SSSR count). The van der Waals surface area contributed by atoms with Gasteiger partial charge in [-0.3, -0.25) is 13.9 Å². The first-order valence-electron chi connectivity index (χ1n) is 13.7. The van der Waals surface area contributed by atoms with Gasteiger partial charge in [0.1, 0.15) is 18.3 Å². The first-order valence-corrected chi connectivity index (χ1v) is 15.1. The lowest BCUT2D eigenvalue weighted by Gasteiger charge is -2.32. The molecule has 226 valence electrons. The van der Waals surface area contributed by atoms with Crippen LogP contribution in [0.25, 0.3) is 0 Å². The second-order valence-electron chi connectivity index (χ2n) is 9.53. The molecule has 0 aliphatic carbocycles. The number of aryl methyl sites for hydroxylation is 1. The number of benzene rings is 3. The summed E-state index contributed by atoms with van der Waals surface area (Å²) in [6, 6.07) is 17.4. The Balaban J connectivity index is 2.07. The summed E-state index contributed by atoms with van der Waals surface area (Å²) in [6.07, 6.45) is 0. The summed E-state index contributed by atoms with van der Waals surface area (Å²) in [5.41, 5.74) is 2.11. The lowest BCUT2D eigenvalue weighted by atomic mass is 10.1. The van der Waals surface area contributed by atoms with Crippen molar-refractivity contribution in [2.75, 3.05) is 38.2 Å². The number of hydrogen-bond donors (Lipinski definition) is 1. The third-order valence-corrected chi connectivity index (χ3v) is 8.42. The van der Waals surface area contributed by atoms with Crippen LogP contribution in [0.5, 0.6) is 17.2 Å². The maximum Gasteiger partial charge on any atom is 0.264 e. The number of carbonyl (C=O) groups excluding carboxylic acids is 2. The van der Waals surface area contributed by atoms with Gasteiger partial charge in [-0.15, -0.1) is 0 Å². The SMILES string of the molecule is CCNC(=O)[C@@H](C)N(Cc1ccc(C)cc1)C(=O)CN(c1ccc(OCC)cc1)S(=O)(=O)c1ccc(OC)c(OC)c1. The molecule has 1 atom stereocenters. The van der Waals surface area contributed by atoms with E-state index in [9.17, 15) is 18.0 Å². The van der Waals surface area contributed by atoms with Gasteiger partial charge in [0, 0.05) is 19.2 Å². The fraction of sp³-hybridized carbons (Fsp3) is 0.355. The normalized spacial score (nSPS) is 11.8. The van der Waals surface area contributed by atoms with Gasteiger partial charge in [-0.25, -0.2) is 8.42 Å². The number of amides is 2. The van der Waals surface area contributed by atoms with Crippen molar-refractivity contribution in [3.05, 3.63) is 77.9 Å². The minimum atomic E-state index is -4.29. The highest BCUT2D eigenvalue weighted by Gasteiger charge is 2.33. The molecule has 3 aromatic carbocycles. The van der Waals surface area contributed by atoms with Crippen LogP contribution in [-0.4, -0.2) is 65.1 Å². The minimum Gasteiger partial charge on any atom is -0.494 e. The number of ether oxygens (including phenoxy) is 3. The van der Waals surface area contributed by atoms with Crippen molar-refractivity contribution in [2.24, 2.45) is 0 Å². The standard InChI is InChI=1S/C31H39N3O7S/c1-7-32-31(36)23(4)33(20-24-11-9-22(3)10-12-24)30(35)21-34(25-13-15-26(16-14-25)41-8-2)42(37,38)27-17-18-28(39-5)29(19-27)40-6/h9-19,23H,7-8,20-21H2,1-6H3,(H,32,36)/t23-/m1/s1. The Labute approximate surface area is 248 Å². The van der Waals surface area contributed by atoms with E-state index in [1.807, 2.05) is 38.1 Å². The summed E-state index contributed by atoms with van der Waals surface area (Å²) in [4.78, 5) is 28.1. The van der Waals surface area contributed by atoms with Gasteiger partial charge >= 0.3 is 0 Å². The summed E-state index contributed by atoms with van der Waals surface area (Å²) in [5.74, 6) is 0.255. The summed E-state index contributed by atoms with van der Waals surface area (Å²) >= 11 is 0. The lowest BCUT2D eigenvalue weighted by molar-refractivity contribution is -0.139. The van der Waals surface area contributed by atoms with Crippen LogP contribution >= 0.6 is 0 Å². The molecule has 10 nitrogen and oxygen atoms in total. The largest absolute Gasteiger partial charge is 0.494 e. The first-order chi connectivity index (χ1) is 20.0. The number of carbonyl (C=O) groups is 2. The van der Waals surface area contributed by atoms with Crippen molar-refractivity contribution < 1.29 is 32.2 Å². The van der Waals surface area contributed by atoms with E-state index in [0.29, 0.717) is 24.7 Å². The van der Waals surface area contributed by atoms with Crippen LogP contribution in [0, 0.1) is 6.92 Å². The molecule has 0 fully saturated rings. The van der Waals surface area contributed by atoms with Crippen molar-refractivity contribution in [3.8, 4) is 17.2 Å². The van der Waals surface area contributed by atoms with Crippen LogP contribution in [0.1, 0.15) is 31.9 Å². The van der Waals surface area contributed by atoms with Crippen LogP contribution in [0.4, 0.5) is 5.69 Å². The van der Waals surface area contributed by atoms with E-state index in [2.05, 4.69) is 5.32 Å². The zero-order chi connectivity index (χ0) is 30.9. The van der Waals surface area contributed by atoms with Crippen LogP contribution < -0.4 is 23.8 Å². The molecule has 0 aromatic heterocycles. The quantitative estimate of drug-likeness (QED) is 0.297. The second kappa shape index (κ2) is 14.6. The Morgan fingerprint density at radius 1 is 0.905 bits per heavy atom. The molecule has 0 unspecified atom stereocenters. The third kappa shape index (κ3) is 7.73. The average Bonchev–Trinajstić information content (AvgIpc) is 2.99. The molecule has 0 bridgehead atoms. The number of nitrogens with zero attached hydrogens (tertiary/aromatic N) is 2. The zero-order valence-electron chi connectivity index (χ0n) is 24.9. The predicted octanol–water partition coefficient (Wildman–Crippen LogP) is 4.16. The fourth-order valence-corrected chi connectivity index (χ4v) is 5.73. The first kappa shape index (κ1) is 32.3. The van der Waals surface area contributed by atoms with Gasteiger partial charge in [0.05, 0.1) is 31.4 Å². The van der Waals surface area contributed by atoms with E-state index in [4.69, 9.17) is 14.2 Å². The summed E-state index contributed by atoms with van der Waals surface area (Å²) < 4.78 is 45.4. The maximum atomic E-state index is 14.1. The third-order valence-electron chi connectivity index (χ3n) is 6.65. The van der Waals surface area contributed by atoms with E-state index in [-0.39, 0.29) is 28.8 Å². The molecule has 11 heteroatoms. The Morgan fingerprint density at radius 3 is 2.12 bits per heavy atom. The average molecular weight is 598 g/mol. The smallest absolute Gasteiger partial charge is 0.264 e. The molecular weight excluding hydrogens is 558 g/mol. The number of hydrogen-bond acceptors (Lipinski definition) is 7. The number of methoxy groups -OCH3 is 2. The van der Waals surface area contributed by atoms with Crippen molar-refractivity contribution in [1.82, 2.24) is 10.2 Å². The maximum absolute atomic E-state index is 14.1. The van der Waals surface area contributed by atoms with Gasteiger partial charge in [0.2, 0.25) is 11.8 Å². The van der Waals surface area contributed by atoms with Gasteiger partial charge in [-0.05, 0) is 69.7 Å². The molecule has 0 saturated heterocycles. The van der Waals surface area contributed by atoms with Crippen molar-refractivity contribution in [1.29, 1.82) is 0 Å². The highest BCUT2D eigenvalue weighted by atomic mass is 32.2. The van der Waals surface area contributed by atoms with Gasteiger partial charge in [0.15, 0.2) is 11.5 Å². The minimum absolute atomic E-state index is 0.0938. The highest BCUT2D eigenvalue weighted by molar-refractivity contribution is 7.92. The Hall–Kier alpha value is -4.25. The Morgan fingerprint density at radius 2 is 1.55 bits per heavy atom. The van der Waals surface area contributed by atoms with Gasteiger partial charge in [-0.2, -0.15) is 0 Å². The number of nitrogens with one attached hydrogen (secondary N) is 1. The summed E-state index contributed by atoms with van der Waals surface area (Å²) in [6.45, 7) is 7.61. The van der Waals surface area contributed by atoms with E-state index in [1.54, 1.807) is 38.1 Å². The molecule has 0 saturated carbocycles. The molecule has 0 aliphatic rings. The van der Waals surface area contributed by atoms with E-state index in [1.165, 1.54) is 37.3 Å². The molecule has 0 radical (unpaired) electrons. The number of anilines is 1. The zero-order valence-corrected chi connectivity index (χ0v) is 25.7. The van der Waals surface area contributed by atoms with Crippen molar-refractivity contribution in [2.45, 2.75) is 45.2 Å². The van der Waals surface area contributed by atoms with Gasteiger partial charge < -0.3 is 24.4 Å². The Bertz CT molecular complexity index is 1460. The molecule has 1 N–H and O–H groups in total.